The number of carbonyl (C=O) groups excluding carboxylic acids is 1. The van der Waals surface area contributed by atoms with E-state index in [0.29, 0.717) is 17.2 Å². The Balaban J connectivity index is 2.36. The van der Waals surface area contributed by atoms with E-state index < -0.39 is 17.5 Å². The lowest BCUT2D eigenvalue weighted by Gasteiger charge is -2.11. The third-order valence-electron chi connectivity index (χ3n) is 2.84. The van der Waals surface area contributed by atoms with Crippen molar-refractivity contribution < 1.29 is 13.6 Å². The number of benzene rings is 2. The van der Waals surface area contributed by atoms with Gasteiger partial charge in [0.2, 0.25) is 0 Å². The summed E-state index contributed by atoms with van der Waals surface area (Å²) in [5, 5.41) is 2.36. The Labute approximate surface area is 122 Å². The van der Waals surface area contributed by atoms with Gasteiger partial charge in [-0.05, 0) is 30.7 Å². The number of anilines is 2. The van der Waals surface area contributed by atoms with Crippen LogP contribution in [0.5, 0.6) is 0 Å². The Bertz CT molecular complexity index is 666. The minimum atomic E-state index is -0.913. The predicted octanol–water partition coefficient (Wildman–Crippen LogP) is 3.87. The van der Waals surface area contributed by atoms with Gasteiger partial charge in [-0.15, -0.1) is 0 Å². The van der Waals surface area contributed by atoms with Crippen molar-refractivity contribution >= 4 is 33.2 Å². The van der Waals surface area contributed by atoms with Crippen LogP contribution in [0.3, 0.4) is 0 Å². The molecule has 104 valence electrons. The zero-order valence-electron chi connectivity index (χ0n) is 10.5. The fourth-order valence-electron chi connectivity index (χ4n) is 1.76. The van der Waals surface area contributed by atoms with Gasteiger partial charge in [-0.2, -0.15) is 0 Å². The summed E-state index contributed by atoms with van der Waals surface area (Å²) in [4.78, 5) is 12.1. The van der Waals surface area contributed by atoms with Crippen molar-refractivity contribution in [2.24, 2.45) is 0 Å². The highest BCUT2D eigenvalue weighted by atomic mass is 79.9. The molecule has 0 aliphatic heterocycles. The molecule has 3 nitrogen and oxygen atoms in total. The number of amides is 1. The minimum absolute atomic E-state index is 0.163. The van der Waals surface area contributed by atoms with Gasteiger partial charge >= 0.3 is 0 Å². The molecular formula is C14H11BrF2N2O. The highest BCUT2D eigenvalue weighted by Crippen LogP contribution is 2.26. The van der Waals surface area contributed by atoms with E-state index in [0.717, 1.165) is 10.5 Å². The van der Waals surface area contributed by atoms with Crippen molar-refractivity contribution in [2.45, 2.75) is 6.92 Å². The summed E-state index contributed by atoms with van der Waals surface area (Å²) in [6, 6.07) is 6.70. The molecular weight excluding hydrogens is 330 g/mol. The van der Waals surface area contributed by atoms with Gasteiger partial charge in [0.15, 0.2) is 5.82 Å². The van der Waals surface area contributed by atoms with Crippen LogP contribution in [0.15, 0.2) is 34.8 Å². The third-order valence-corrected chi connectivity index (χ3v) is 3.70. The molecule has 6 heteroatoms. The fourth-order valence-corrected chi connectivity index (χ4v) is 2.13. The van der Waals surface area contributed by atoms with E-state index >= 15 is 0 Å². The van der Waals surface area contributed by atoms with Crippen LogP contribution in [0.2, 0.25) is 0 Å². The molecule has 3 N–H and O–H groups in total. The van der Waals surface area contributed by atoms with E-state index in [1.807, 2.05) is 0 Å². The van der Waals surface area contributed by atoms with Crippen LogP contribution >= 0.6 is 15.9 Å². The average molecular weight is 341 g/mol. The van der Waals surface area contributed by atoms with E-state index in [2.05, 4.69) is 21.2 Å². The summed E-state index contributed by atoms with van der Waals surface area (Å²) in [7, 11) is 0. The summed E-state index contributed by atoms with van der Waals surface area (Å²) in [6.45, 7) is 1.75. The van der Waals surface area contributed by atoms with Gasteiger partial charge in [0, 0.05) is 16.1 Å². The number of nitrogens with two attached hydrogens (primary N) is 1. The predicted molar refractivity (Wildman–Crippen MR) is 77.6 cm³/mol. The third kappa shape index (κ3) is 2.80. The van der Waals surface area contributed by atoms with Gasteiger partial charge in [-0.3, -0.25) is 4.79 Å². The topological polar surface area (TPSA) is 55.1 Å². The molecule has 0 heterocycles. The molecule has 20 heavy (non-hydrogen) atoms. The highest BCUT2D eigenvalue weighted by Gasteiger charge is 2.15. The fraction of sp³-hybridized carbons (Fsp3) is 0.0714. The number of halogens is 3. The minimum Gasteiger partial charge on any atom is -0.397 e. The van der Waals surface area contributed by atoms with Crippen LogP contribution in [0.25, 0.3) is 0 Å². The summed E-state index contributed by atoms with van der Waals surface area (Å²) in [5.74, 6) is -2.22. The zero-order valence-corrected chi connectivity index (χ0v) is 12.1. The Morgan fingerprint density at radius 3 is 2.65 bits per heavy atom. The normalized spacial score (nSPS) is 10.4. The van der Waals surface area contributed by atoms with E-state index in [9.17, 15) is 13.6 Å². The standard InChI is InChI=1S/C14H11BrF2N2O/c1-7-9(3-2-4-10(7)15)14(20)19-13-11(17)5-8(16)6-12(13)18/h2-6H,18H2,1H3,(H,19,20). The Morgan fingerprint density at radius 2 is 2.00 bits per heavy atom. The van der Waals surface area contributed by atoms with E-state index in [-0.39, 0.29) is 11.4 Å². The van der Waals surface area contributed by atoms with E-state index in [1.165, 1.54) is 0 Å². The monoisotopic (exact) mass is 340 g/mol. The van der Waals surface area contributed by atoms with Crippen molar-refractivity contribution in [1.29, 1.82) is 0 Å². The Kier molecular flexibility index (Phi) is 4.04. The molecule has 1 amide bonds. The number of rotatable bonds is 2. The average Bonchev–Trinajstić information content (AvgIpc) is 2.36. The molecule has 0 aliphatic rings. The number of nitrogen functional groups attached to an aromatic ring is 1. The lowest BCUT2D eigenvalue weighted by molar-refractivity contribution is 0.102. The van der Waals surface area contributed by atoms with Gasteiger partial charge < -0.3 is 11.1 Å². The highest BCUT2D eigenvalue weighted by molar-refractivity contribution is 9.10. The number of hydrogen-bond acceptors (Lipinski definition) is 2. The second-order valence-electron chi connectivity index (χ2n) is 4.22. The van der Waals surface area contributed by atoms with Crippen molar-refractivity contribution in [3.8, 4) is 0 Å². The number of nitrogens with one attached hydrogen (secondary N) is 1. The summed E-state index contributed by atoms with van der Waals surface area (Å²) in [5.41, 5.74) is 6.21. The second kappa shape index (κ2) is 5.58. The van der Waals surface area contributed by atoms with Crippen molar-refractivity contribution in [2.75, 3.05) is 11.1 Å². The molecule has 0 aliphatic carbocycles. The zero-order chi connectivity index (χ0) is 14.9. The molecule has 2 aromatic rings. The van der Waals surface area contributed by atoms with E-state index in [4.69, 9.17) is 5.73 Å². The first-order chi connectivity index (χ1) is 9.40. The lowest BCUT2D eigenvalue weighted by Crippen LogP contribution is -2.16. The maximum Gasteiger partial charge on any atom is 0.256 e. The molecule has 2 aromatic carbocycles. The van der Waals surface area contributed by atoms with Crippen LogP contribution in [-0.4, -0.2) is 5.91 Å². The van der Waals surface area contributed by atoms with Gasteiger partial charge in [-0.1, -0.05) is 22.0 Å². The van der Waals surface area contributed by atoms with Gasteiger partial charge in [0.1, 0.15) is 11.5 Å². The first-order valence-electron chi connectivity index (χ1n) is 5.71. The van der Waals surface area contributed by atoms with Crippen molar-refractivity contribution in [1.82, 2.24) is 0 Å². The van der Waals surface area contributed by atoms with Crippen molar-refractivity contribution in [3.63, 3.8) is 0 Å². The first-order valence-corrected chi connectivity index (χ1v) is 6.50. The Hall–Kier alpha value is -1.95. The van der Waals surface area contributed by atoms with Crippen LogP contribution in [0.1, 0.15) is 15.9 Å². The first kappa shape index (κ1) is 14.5. The molecule has 0 spiro atoms. The summed E-state index contributed by atoms with van der Waals surface area (Å²) < 4.78 is 27.3. The van der Waals surface area contributed by atoms with Gasteiger partial charge in [-0.25, -0.2) is 8.78 Å². The molecule has 0 bridgehead atoms. The molecule has 0 radical (unpaired) electrons. The molecule has 0 atom stereocenters. The summed E-state index contributed by atoms with van der Waals surface area (Å²) >= 11 is 3.31. The lowest BCUT2D eigenvalue weighted by atomic mass is 10.1. The number of hydrogen-bond donors (Lipinski definition) is 2. The second-order valence-corrected chi connectivity index (χ2v) is 5.07. The quantitative estimate of drug-likeness (QED) is 0.815. The molecule has 0 saturated carbocycles. The van der Waals surface area contributed by atoms with Crippen LogP contribution in [0.4, 0.5) is 20.2 Å². The van der Waals surface area contributed by atoms with Crippen LogP contribution in [0, 0.1) is 18.6 Å². The molecule has 0 unspecified atom stereocenters. The van der Waals surface area contributed by atoms with E-state index in [1.54, 1.807) is 25.1 Å². The maximum absolute atomic E-state index is 13.6. The number of carbonyl (C=O) groups is 1. The Morgan fingerprint density at radius 1 is 1.30 bits per heavy atom. The molecule has 2 rings (SSSR count). The van der Waals surface area contributed by atoms with Crippen LogP contribution in [-0.2, 0) is 0 Å². The van der Waals surface area contributed by atoms with Crippen LogP contribution < -0.4 is 11.1 Å². The molecule has 0 saturated heterocycles. The van der Waals surface area contributed by atoms with Crippen molar-refractivity contribution in [3.05, 3.63) is 57.6 Å². The summed E-state index contributed by atoms with van der Waals surface area (Å²) in [6.07, 6.45) is 0. The molecule has 0 aromatic heterocycles. The largest absolute Gasteiger partial charge is 0.397 e. The maximum atomic E-state index is 13.6. The van der Waals surface area contributed by atoms with Gasteiger partial charge in [0.05, 0.1) is 5.69 Å². The molecule has 0 fully saturated rings. The van der Waals surface area contributed by atoms with Gasteiger partial charge in [0.25, 0.3) is 5.91 Å². The smallest absolute Gasteiger partial charge is 0.256 e. The SMILES string of the molecule is Cc1c(Br)cccc1C(=O)Nc1c(N)cc(F)cc1F.